The van der Waals surface area contributed by atoms with Crippen LogP contribution < -0.4 is 5.32 Å². The number of thioether (sulfide) groups is 1. The van der Waals surface area contributed by atoms with Gasteiger partial charge in [0.1, 0.15) is 5.82 Å². The van der Waals surface area contributed by atoms with Gasteiger partial charge in [-0.25, -0.2) is 14.6 Å². The Bertz CT molecular complexity index is 872. The third kappa shape index (κ3) is 4.49. The molecule has 1 amide bonds. The first-order valence-electron chi connectivity index (χ1n) is 8.29. The molecular weight excluding hydrogens is 346 g/mol. The van der Waals surface area contributed by atoms with Gasteiger partial charge in [-0.3, -0.25) is 4.79 Å². The van der Waals surface area contributed by atoms with Gasteiger partial charge in [0.2, 0.25) is 5.91 Å². The second kappa shape index (κ2) is 7.70. The number of benzene rings is 1. The van der Waals surface area contributed by atoms with Crippen LogP contribution in [0.3, 0.4) is 0 Å². The highest BCUT2D eigenvalue weighted by molar-refractivity contribution is 7.99. The Balaban J connectivity index is 1.79. The van der Waals surface area contributed by atoms with Crippen molar-refractivity contribution in [3.8, 4) is 5.69 Å². The van der Waals surface area contributed by atoms with E-state index in [1.807, 2.05) is 36.4 Å². The van der Waals surface area contributed by atoms with E-state index in [1.54, 1.807) is 23.1 Å². The minimum atomic E-state index is -0.125. The van der Waals surface area contributed by atoms with Crippen LogP contribution in [-0.4, -0.2) is 31.4 Å². The summed E-state index contributed by atoms with van der Waals surface area (Å²) in [5, 5.41) is 8.23. The van der Waals surface area contributed by atoms with Crippen molar-refractivity contribution in [3.63, 3.8) is 0 Å². The minimum Gasteiger partial charge on any atom is -0.310 e. The predicted molar refractivity (Wildman–Crippen MR) is 104 cm³/mol. The van der Waals surface area contributed by atoms with E-state index in [2.05, 4.69) is 36.1 Å². The molecule has 1 N–H and O–H groups in total. The van der Waals surface area contributed by atoms with Crippen molar-refractivity contribution in [3.05, 3.63) is 60.6 Å². The number of aromatic nitrogens is 4. The monoisotopic (exact) mass is 367 g/mol. The Morgan fingerprint density at radius 3 is 2.46 bits per heavy atom. The van der Waals surface area contributed by atoms with Crippen LogP contribution >= 0.6 is 11.8 Å². The highest BCUT2D eigenvalue weighted by Gasteiger charge is 2.21. The molecule has 0 aliphatic carbocycles. The van der Waals surface area contributed by atoms with Crippen LogP contribution in [0, 0.1) is 0 Å². The maximum absolute atomic E-state index is 12.4. The van der Waals surface area contributed by atoms with Crippen LogP contribution in [0.5, 0.6) is 0 Å². The molecule has 0 unspecified atom stereocenters. The molecule has 0 aliphatic heterocycles. The van der Waals surface area contributed by atoms with Crippen molar-refractivity contribution in [2.45, 2.75) is 31.3 Å². The molecular formula is C19H21N5OS. The quantitative estimate of drug-likeness (QED) is 0.550. The van der Waals surface area contributed by atoms with Gasteiger partial charge in [0, 0.05) is 23.9 Å². The van der Waals surface area contributed by atoms with E-state index >= 15 is 0 Å². The minimum absolute atomic E-state index is 0.119. The van der Waals surface area contributed by atoms with Gasteiger partial charge in [0.15, 0.2) is 5.16 Å². The molecule has 0 fully saturated rings. The summed E-state index contributed by atoms with van der Waals surface area (Å²) in [5.74, 6) is 0.759. The molecule has 0 saturated carbocycles. The lowest BCUT2D eigenvalue weighted by atomic mass is 9.92. The van der Waals surface area contributed by atoms with E-state index in [0.717, 1.165) is 11.4 Å². The SMILES string of the molecule is CC(C)(C)c1cc(NC(=O)CSc2ncccn2)n(-c2ccccc2)n1. The lowest BCUT2D eigenvalue weighted by Crippen LogP contribution is -2.17. The zero-order valence-electron chi connectivity index (χ0n) is 15.0. The smallest absolute Gasteiger partial charge is 0.236 e. The van der Waals surface area contributed by atoms with Gasteiger partial charge < -0.3 is 5.32 Å². The van der Waals surface area contributed by atoms with Gasteiger partial charge in [-0.15, -0.1) is 0 Å². The standard InChI is InChI=1S/C19H21N5OS/c1-19(2,3)15-12-16(24(23-15)14-8-5-4-6-9-14)22-17(25)13-26-18-20-10-7-11-21-18/h4-12H,13H2,1-3H3,(H,22,25). The fourth-order valence-corrected chi connectivity index (χ4v) is 2.87. The summed E-state index contributed by atoms with van der Waals surface area (Å²) in [4.78, 5) is 20.6. The van der Waals surface area contributed by atoms with E-state index in [-0.39, 0.29) is 17.1 Å². The second-order valence-corrected chi connectivity index (χ2v) is 7.72. The van der Waals surface area contributed by atoms with Crippen LogP contribution in [-0.2, 0) is 10.2 Å². The summed E-state index contributed by atoms with van der Waals surface area (Å²) in [7, 11) is 0. The molecule has 0 bridgehead atoms. The van der Waals surface area contributed by atoms with Crippen molar-refractivity contribution in [2.75, 3.05) is 11.1 Å². The van der Waals surface area contributed by atoms with Gasteiger partial charge in [0.25, 0.3) is 0 Å². The summed E-state index contributed by atoms with van der Waals surface area (Å²) in [6.07, 6.45) is 3.32. The van der Waals surface area contributed by atoms with Crippen molar-refractivity contribution in [1.82, 2.24) is 19.7 Å². The van der Waals surface area contributed by atoms with Gasteiger partial charge >= 0.3 is 0 Å². The predicted octanol–water partition coefficient (Wildman–Crippen LogP) is 3.69. The van der Waals surface area contributed by atoms with E-state index in [0.29, 0.717) is 11.0 Å². The summed E-state index contributed by atoms with van der Waals surface area (Å²) in [5.41, 5.74) is 1.69. The Labute approximate surface area is 157 Å². The van der Waals surface area contributed by atoms with Crippen LogP contribution in [0.1, 0.15) is 26.5 Å². The number of carbonyl (C=O) groups is 1. The fraction of sp³-hybridized carbons (Fsp3) is 0.263. The summed E-state index contributed by atoms with van der Waals surface area (Å²) < 4.78 is 1.77. The topological polar surface area (TPSA) is 72.7 Å². The third-order valence-corrected chi connectivity index (χ3v) is 4.50. The first-order chi connectivity index (χ1) is 12.4. The normalized spacial score (nSPS) is 11.3. The van der Waals surface area contributed by atoms with E-state index < -0.39 is 0 Å². The molecule has 0 atom stereocenters. The highest BCUT2D eigenvalue weighted by atomic mass is 32.2. The average Bonchev–Trinajstić information content (AvgIpc) is 3.06. The summed E-state index contributed by atoms with van der Waals surface area (Å²) in [6.45, 7) is 6.29. The molecule has 0 spiro atoms. The van der Waals surface area contributed by atoms with Gasteiger partial charge in [-0.05, 0) is 18.2 Å². The Morgan fingerprint density at radius 1 is 1.12 bits per heavy atom. The van der Waals surface area contributed by atoms with E-state index in [1.165, 1.54) is 11.8 Å². The lowest BCUT2D eigenvalue weighted by Gasteiger charge is -2.14. The zero-order chi connectivity index (χ0) is 18.6. The van der Waals surface area contributed by atoms with Crippen LogP contribution in [0.15, 0.2) is 60.0 Å². The number of nitrogens with zero attached hydrogens (tertiary/aromatic N) is 4. The van der Waals surface area contributed by atoms with Gasteiger partial charge in [-0.1, -0.05) is 50.7 Å². The third-order valence-electron chi connectivity index (χ3n) is 3.62. The van der Waals surface area contributed by atoms with Crippen molar-refractivity contribution >= 4 is 23.5 Å². The maximum atomic E-state index is 12.4. The number of hydrogen-bond donors (Lipinski definition) is 1. The molecule has 6 nitrogen and oxygen atoms in total. The number of nitrogens with one attached hydrogen (secondary N) is 1. The van der Waals surface area contributed by atoms with Crippen molar-refractivity contribution in [2.24, 2.45) is 0 Å². The molecule has 7 heteroatoms. The Kier molecular flexibility index (Phi) is 5.37. The summed E-state index contributed by atoms with van der Waals surface area (Å²) >= 11 is 1.30. The highest BCUT2D eigenvalue weighted by Crippen LogP contribution is 2.26. The number of anilines is 1. The Hall–Kier alpha value is -2.67. The molecule has 0 saturated heterocycles. The Morgan fingerprint density at radius 2 is 1.81 bits per heavy atom. The first kappa shape index (κ1) is 18.1. The zero-order valence-corrected chi connectivity index (χ0v) is 15.8. The molecule has 2 aromatic heterocycles. The molecule has 2 heterocycles. The number of rotatable bonds is 5. The fourth-order valence-electron chi connectivity index (χ4n) is 2.27. The van der Waals surface area contributed by atoms with Crippen molar-refractivity contribution < 1.29 is 4.79 Å². The van der Waals surface area contributed by atoms with E-state index in [9.17, 15) is 4.79 Å². The van der Waals surface area contributed by atoms with E-state index in [4.69, 9.17) is 5.10 Å². The largest absolute Gasteiger partial charge is 0.310 e. The lowest BCUT2D eigenvalue weighted by molar-refractivity contribution is -0.113. The number of carbonyl (C=O) groups excluding carboxylic acids is 1. The second-order valence-electron chi connectivity index (χ2n) is 6.78. The number of amides is 1. The van der Waals surface area contributed by atoms with Crippen LogP contribution in [0.4, 0.5) is 5.82 Å². The first-order valence-corrected chi connectivity index (χ1v) is 9.28. The molecule has 0 aliphatic rings. The number of para-hydroxylation sites is 1. The van der Waals surface area contributed by atoms with Gasteiger partial charge in [0.05, 0.1) is 17.1 Å². The molecule has 3 aromatic rings. The maximum Gasteiger partial charge on any atom is 0.236 e. The molecule has 3 rings (SSSR count). The molecule has 26 heavy (non-hydrogen) atoms. The van der Waals surface area contributed by atoms with Crippen LogP contribution in [0.2, 0.25) is 0 Å². The number of hydrogen-bond acceptors (Lipinski definition) is 5. The van der Waals surface area contributed by atoms with Crippen molar-refractivity contribution in [1.29, 1.82) is 0 Å². The molecule has 1 aromatic carbocycles. The average molecular weight is 367 g/mol. The van der Waals surface area contributed by atoms with Crippen LogP contribution in [0.25, 0.3) is 5.69 Å². The van der Waals surface area contributed by atoms with Gasteiger partial charge in [-0.2, -0.15) is 5.10 Å². The summed E-state index contributed by atoms with van der Waals surface area (Å²) in [6, 6.07) is 13.4. The molecule has 134 valence electrons. The molecule has 0 radical (unpaired) electrons.